The van der Waals surface area contributed by atoms with Crippen LogP contribution in [0.3, 0.4) is 0 Å². The molecule has 0 atom stereocenters. The van der Waals surface area contributed by atoms with Crippen molar-refractivity contribution in [2.75, 3.05) is 11.9 Å². The Morgan fingerprint density at radius 3 is 2.68 bits per heavy atom. The lowest BCUT2D eigenvalue weighted by Crippen LogP contribution is -2.34. The minimum Gasteiger partial charge on any atom is -0.369 e. The maximum Gasteiger partial charge on any atom is 0.242 e. The molecule has 0 radical (unpaired) electrons. The Morgan fingerprint density at radius 1 is 1.47 bits per heavy atom. The van der Waals surface area contributed by atoms with Crippen molar-refractivity contribution in [3.8, 4) is 0 Å². The Hall–Kier alpha value is -0.850. The molecule has 0 spiro atoms. The lowest BCUT2D eigenvalue weighted by atomic mass is 10.4. The number of sulfonamides is 1. The summed E-state index contributed by atoms with van der Waals surface area (Å²) in [6.07, 6.45) is 4.00. The summed E-state index contributed by atoms with van der Waals surface area (Å²) in [5.74, 6) is 0.514. The van der Waals surface area contributed by atoms with E-state index in [0.29, 0.717) is 10.8 Å². The first-order valence-electron chi connectivity index (χ1n) is 6.30. The van der Waals surface area contributed by atoms with E-state index in [1.54, 1.807) is 0 Å². The van der Waals surface area contributed by atoms with E-state index in [-0.39, 0.29) is 10.4 Å². The zero-order valence-corrected chi connectivity index (χ0v) is 12.6. The van der Waals surface area contributed by atoms with E-state index < -0.39 is 10.0 Å². The average Bonchev–Trinajstić information content (AvgIpc) is 3.04. The van der Waals surface area contributed by atoms with Crippen LogP contribution >= 0.6 is 11.6 Å². The van der Waals surface area contributed by atoms with E-state index in [2.05, 4.69) is 15.0 Å². The highest BCUT2D eigenvalue weighted by Gasteiger charge is 2.41. The van der Waals surface area contributed by atoms with Crippen molar-refractivity contribution >= 4 is 27.4 Å². The summed E-state index contributed by atoms with van der Waals surface area (Å²) in [7, 11) is -3.54. The molecule has 1 fully saturated rings. The van der Waals surface area contributed by atoms with Crippen LogP contribution in [0.15, 0.2) is 17.2 Å². The van der Waals surface area contributed by atoms with Crippen molar-refractivity contribution in [2.45, 2.75) is 43.5 Å². The minimum absolute atomic E-state index is 0.104. The smallest absolute Gasteiger partial charge is 0.242 e. The van der Waals surface area contributed by atoms with Crippen LogP contribution in [0.5, 0.6) is 0 Å². The van der Waals surface area contributed by atoms with E-state index in [4.69, 9.17) is 11.6 Å². The van der Waals surface area contributed by atoms with Gasteiger partial charge in [-0.1, -0.05) is 18.5 Å². The number of rotatable bonds is 6. The van der Waals surface area contributed by atoms with E-state index in [0.717, 1.165) is 25.8 Å². The van der Waals surface area contributed by atoms with Crippen molar-refractivity contribution < 1.29 is 8.42 Å². The van der Waals surface area contributed by atoms with E-state index in [1.807, 2.05) is 13.8 Å². The predicted molar refractivity (Wildman–Crippen MR) is 76.0 cm³/mol. The predicted octanol–water partition coefficient (Wildman–Crippen LogP) is 2.39. The average molecular weight is 304 g/mol. The quantitative estimate of drug-likeness (QED) is 0.846. The van der Waals surface area contributed by atoms with Crippen LogP contribution in [-0.4, -0.2) is 25.5 Å². The number of pyridine rings is 1. The van der Waals surface area contributed by atoms with Crippen LogP contribution in [0.1, 0.15) is 33.1 Å². The maximum atomic E-state index is 12.1. The second kappa shape index (κ2) is 5.26. The van der Waals surface area contributed by atoms with Crippen LogP contribution < -0.4 is 10.0 Å². The van der Waals surface area contributed by atoms with E-state index in [1.165, 1.54) is 12.3 Å². The van der Waals surface area contributed by atoms with Gasteiger partial charge in [-0.3, -0.25) is 0 Å². The molecule has 0 bridgehead atoms. The van der Waals surface area contributed by atoms with Gasteiger partial charge in [-0.2, -0.15) is 0 Å². The molecule has 5 nitrogen and oxygen atoms in total. The fourth-order valence-electron chi connectivity index (χ4n) is 1.61. The number of halogens is 1. The number of hydrogen-bond donors (Lipinski definition) is 2. The molecule has 1 aliphatic carbocycles. The molecule has 0 saturated heterocycles. The SMILES string of the molecule is CCCNc1ncc(S(=O)(=O)NC2(C)CC2)cc1Cl. The molecule has 1 saturated carbocycles. The third-order valence-electron chi connectivity index (χ3n) is 3.05. The van der Waals surface area contributed by atoms with Gasteiger partial charge in [-0.15, -0.1) is 0 Å². The summed E-state index contributed by atoms with van der Waals surface area (Å²) in [5.41, 5.74) is -0.301. The van der Waals surface area contributed by atoms with Gasteiger partial charge in [-0.05, 0) is 32.3 Å². The van der Waals surface area contributed by atoms with Gasteiger partial charge in [0.15, 0.2) is 0 Å². The molecule has 1 heterocycles. The van der Waals surface area contributed by atoms with Gasteiger partial charge in [0.25, 0.3) is 0 Å². The third kappa shape index (κ3) is 3.58. The van der Waals surface area contributed by atoms with Crippen LogP contribution in [0, 0.1) is 0 Å². The number of aromatic nitrogens is 1. The maximum absolute atomic E-state index is 12.1. The van der Waals surface area contributed by atoms with Crippen molar-refractivity contribution in [3.05, 3.63) is 17.3 Å². The van der Waals surface area contributed by atoms with Gasteiger partial charge < -0.3 is 5.32 Å². The highest BCUT2D eigenvalue weighted by molar-refractivity contribution is 7.89. The van der Waals surface area contributed by atoms with E-state index >= 15 is 0 Å². The zero-order chi connectivity index (χ0) is 14.1. The molecule has 7 heteroatoms. The summed E-state index contributed by atoms with van der Waals surface area (Å²) in [5, 5.41) is 3.36. The zero-order valence-electron chi connectivity index (χ0n) is 11.0. The molecule has 2 rings (SSSR count). The number of hydrogen-bond acceptors (Lipinski definition) is 4. The van der Waals surface area contributed by atoms with E-state index in [9.17, 15) is 8.42 Å². The Labute approximate surface area is 118 Å². The molecule has 0 amide bonds. The molecule has 1 aromatic rings. The summed E-state index contributed by atoms with van der Waals surface area (Å²) < 4.78 is 26.9. The first kappa shape index (κ1) is 14.6. The monoisotopic (exact) mass is 303 g/mol. The first-order valence-corrected chi connectivity index (χ1v) is 8.16. The van der Waals surface area contributed by atoms with Crippen LogP contribution in [0.4, 0.5) is 5.82 Å². The molecule has 0 unspecified atom stereocenters. The molecule has 0 aromatic carbocycles. The molecular weight excluding hydrogens is 286 g/mol. The second-order valence-corrected chi connectivity index (χ2v) is 7.18. The number of nitrogens with one attached hydrogen (secondary N) is 2. The minimum atomic E-state index is -3.54. The third-order valence-corrected chi connectivity index (χ3v) is 4.94. The number of anilines is 1. The van der Waals surface area contributed by atoms with Crippen molar-refractivity contribution in [1.29, 1.82) is 0 Å². The van der Waals surface area contributed by atoms with Crippen molar-refractivity contribution in [3.63, 3.8) is 0 Å². The fourth-order valence-corrected chi connectivity index (χ4v) is 3.35. The first-order chi connectivity index (χ1) is 8.86. The van der Waals surface area contributed by atoms with Gasteiger partial charge in [0.2, 0.25) is 10.0 Å². The summed E-state index contributed by atoms with van der Waals surface area (Å²) >= 11 is 6.04. The normalized spacial score (nSPS) is 17.2. The Morgan fingerprint density at radius 2 is 2.16 bits per heavy atom. The van der Waals surface area contributed by atoms with Gasteiger partial charge in [0.1, 0.15) is 10.7 Å². The summed E-state index contributed by atoms with van der Waals surface area (Å²) in [6, 6.07) is 1.43. The van der Waals surface area contributed by atoms with Gasteiger partial charge in [0.05, 0.1) is 5.02 Å². The standard InChI is InChI=1S/C12H18ClN3O2S/c1-3-6-14-11-10(13)7-9(8-15-11)19(17,18)16-12(2)4-5-12/h7-8,16H,3-6H2,1-2H3,(H,14,15). The van der Waals surface area contributed by atoms with Crippen molar-refractivity contribution in [1.82, 2.24) is 9.71 Å². The number of nitrogens with zero attached hydrogens (tertiary/aromatic N) is 1. The molecule has 0 aliphatic heterocycles. The van der Waals surface area contributed by atoms with Crippen LogP contribution in [0.2, 0.25) is 5.02 Å². The van der Waals surface area contributed by atoms with Crippen LogP contribution in [-0.2, 0) is 10.0 Å². The molecule has 2 N–H and O–H groups in total. The fraction of sp³-hybridized carbons (Fsp3) is 0.583. The summed E-state index contributed by atoms with van der Waals surface area (Å²) in [4.78, 5) is 4.17. The van der Waals surface area contributed by atoms with Crippen LogP contribution in [0.25, 0.3) is 0 Å². The second-order valence-electron chi connectivity index (χ2n) is 5.09. The lowest BCUT2D eigenvalue weighted by Gasteiger charge is -2.13. The van der Waals surface area contributed by atoms with Crippen molar-refractivity contribution in [2.24, 2.45) is 0 Å². The highest BCUT2D eigenvalue weighted by Crippen LogP contribution is 2.36. The molecular formula is C12H18ClN3O2S. The summed E-state index contributed by atoms with van der Waals surface area (Å²) in [6.45, 7) is 4.66. The largest absolute Gasteiger partial charge is 0.369 e. The highest BCUT2D eigenvalue weighted by atomic mass is 35.5. The van der Waals surface area contributed by atoms with Gasteiger partial charge in [-0.25, -0.2) is 18.1 Å². The molecule has 1 aromatic heterocycles. The Kier molecular flexibility index (Phi) is 4.03. The topological polar surface area (TPSA) is 71.1 Å². The Bertz CT molecular complexity index is 570. The lowest BCUT2D eigenvalue weighted by molar-refractivity contribution is 0.557. The molecule has 19 heavy (non-hydrogen) atoms. The molecule has 1 aliphatic rings. The Balaban J connectivity index is 2.19. The van der Waals surface area contributed by atoms with Gasteiger partial charge in [0, 0.05) is 18.3 Å². The molecule has 106 valence electrons. The van der Waals surface area contributed by atoms with Gasteiger partial charge >= 0.3 is 0 Å².